The molecule has 1 saturated heterocycles. The highest BCUT2D eigenvalue weighted by atomic mass is 35.5. The number of carboxylic acids is 1. The number of carbonyl (C=O) groups excluding carboxylic acids is 3. The standard InChI is InChI=1S/C29H38FN5O5.ClH/c1-18(31-2)27(38)32-25(19-7-5-4-6-8-19)28(39)34-13-15-35(16-14-34)29(40)26-21(10-12-24(36)37)22-17-20(30)9-11-23(22)33(26)3;/h9-12,17-19,25,31H,4-8,13-16H2,1-3H3,(H,32,38)(H,36,37);1H/b12-10+;/t18-,25-;/m0./s1. The second-order valence-electron chi connectivity index (χ2n) is 10.7. The number of aromatic nitrogens is 1. The Kier molecular flexibility index (Phi) is 10.9. The van der Waals surface area contributed by atoms with Crippen LogP contribution in [0.25, 0.3) is 17.0 Å². The first-order chi connectivity index (χ1) is 19.1. The van der Waals surface area contributed by atoms with Gasteiger partial charge < -0.3 is 30.1 Å². The summed E-state index contributed by atoms with van der Waals surface area (Å²) in [6.45, 7) is 2.93. The number of hydrogen-bond donors (Lipinski definition) is 3. The number of likely N-dealkylation sites (N-methyl/N-ethyl adjacent to an activating group) is 1. The topological polar surface area (TPSA) is 124 Å². The van der Waals surface area contributed by atoms with Crippen molar-refractivity contribution < 1.29 is 28.7 Å². The average Bonchev–Trinajstić information content (AvgIpc) is 3.24. The van der Waals surface area contributed by atoms with Crippen LogP contribution in [-0.4, -0.2) is 88.5 Å². The van der Waals surface area contributed by atoms with Gasteiger partial charge in [-0.1, -0.05) is 19.3 Å². The molecule has 0 radical (unpaired) electrons. The van der Waals surface area contributed by atoms with E-state index in [1.807, 2.05) is 0 Å². The molecule has 0 spiro atoms. The maximum absolute atomic E-state index is 14.1. The van der Waals surface area contributed by atoms with E-state index in [9.17, 15) is 28.7 Å². The molecule has 12 heteroatoms. The number of benzene rings is 1. The van der Waals surface area contributed by atoms with Crippen molar-refractivity contribution in [1.82, 2.24) is 25.0 Å². The lowest BCUT2D eigenvalue weighted by atomic mass is 9.83. The van der Waals surface area contributed by atoms with Crippen molar-refractivity contribution in [2.24, 2.45) is 13.0 Å². The van der Waals surface area contributed by atoms with Gasteiger partial charge in [-0.15, -0.1) is 12.4 Å². The maximum atomic E-state index is 14.1. The fraction of sp³-hybridized carbons (Fsp3) is 0.517. The van der Waals surface area contributed by atoms with Crippen molar-refractivity contribution in [2.75, 3.05) is 33.2 Å². The molecule has 10 nitrogen and oxygen atoms in total. The molecule has 2 aromatic rings. The Morgan fingerprint density at radius 3 is 2.29 bits per heavy atom. The lowest BCUT2D eigenvalue weighted by Crippen LogP contribution is -2.59. The highest BCUT2D eigenvalue weighted by molar-refractivity contribution is 6.06. The molecule has 2 aliphatic rings. The highest BCUT2D eigenvalue weighted by Crippen LogP contribution is 2.30. The van der Waals surface area contributed by atoms with Crippen LogP contribution >= 0.6 is 12.4 Å². The minimum absolute atomic E-state index is 0. The first-order valence-electron chi connectivity index (χ1n) is 13.9. The first kappa shape index (κ1) is 32.1. The Morgan fingerprint density at radius 2 is 1.68 bits per heavy atom. The number of nitrogens with zero attached hydrogens (tertiary/aromatic N) is 3. The minimum atomic E-state index is -1.18. The summed E-state index contributed by atoms with van der Waals surface area (Å²) < 4.78 is 15.7. The van der Waals surface area contributed by atoms with Gasteiger partial charge in [-0.25, -0.2) is 9.18 Å². The quantitative estimate of drug-likeness (QED) is 0.406. The van der Waals surface area contributed by atoms with Gasteiger partial charge >= 0.3 is 5.97 Å². The van der Waals surface area contributed by atoms with E-state index in [4.69, 9.17) is 0 Å². The fourth-order valence-electron chi connectivity index (χ4n) is 5.76. The zero-order valence-electron chi connectivity index (χ0n) is 23.7. The number of carbonyl (C=O) groups is 4. The Hall–Kier alpha value is -3.44. The van der Waals surface area contributed by atoms with Crippen LogP contribution in [0.15, 0.2) is 24.3 Å². The zero-order valence-corrected chi connectivity index (χ0v) is 24.5. The summed E-state index contributed by atoms with van der Waals surface area (Å²) in [5.74, 6) is -2.25. The van der Waals surface area contributed by atoms with Gasteiger partial charge in [-0.2, -0.15) is 0 Å². The normalized spacial score (nSPS) is 17.8. The van der Waals surface area contributed by atoms with Crippen molar-refractivity contribution >= 4 is 53.1 Å². The van der Waals surface area contributed by atoms with E-state index in [2.05, 4.69) is 10.6 Å². The van der Waals surface area contributed by atoms with E-state index < -0.39 is 23.9 Å². The molecule has 41 heavy (non-hydrogen) atoms. The molecule has 3 N–H and O–H groups in total. The van der Waals surface area contributed by atoms with Crippen LogP contribution in [-0.2, 0) is 21.4 Å². The largest absolute Gasteiger partial charge is 0.478 e. The van der Waals surface area contributed by atoms with Gasteiger partial charge in [0.2, 0.25) is 11.8 Å². The SMILES string of the molecule is CN[C@@H](C)C(=O)N[C@H](C(=O)N1CCN(C(=O)c2c(/C=C/C(=O)O)c3cc(F)ccc3n2C)CC1)C1CCCCC1.Cl. The molecule has 2 fully saturated rings. The molecular weight excluding hydrogens is 553 g/mol. The molecular formula is C29H39ClFN5O5. The smallest absolute Gasteiger partial charge is 0.328 e. The van der Waals surface area contributed by atoms with Gasteiger partial charge in [0.1, 0.15) is 17.6 Å². The van der Waals surface area contributed by atoms with E-state index >= 15 is 0 Å². The molecule has 0 bridgehead atoms. The molecule has 1 saturated carbocycles. The summed E-state index contributed by atoms with van der Waals surface area (Å²) >= 11 is 0. The Bertz CT molecular complexity index is 1310. The summed E-state index contributed by atoms with van der Waals surface area (Å²) in [6.07, 6.45) is 7.21. The molecule has 0 unspecified atom stereocenters. The van der Waals surface area contributed by atoms with Gasteiger partial charge in [-0.3, -0.25) is 14.4 Å². The molecule has 2 atom stereocenters. The number of fused-ring (bicyclic) bond motifs is 1. The van der Waals surface area contributed by atoms with Gasteiger partial charge in [0, 0.05) is 55.8 Å². The van der Waals surface area contributed by atoms with E-state index in [-0.39, 0.29) is 54.8 Å². The van der Waals surface area contributed by atoms with Crippen molar-refractivity contribution in [1.29, 1.82) is 0 Å². The number of aliphatic carboxylic acids is 1. The number of halogens is 2. The van der Waals surface area contributed by atoms with Crippen LogP contribution < -0.4 is 10.6 Å². The van der Waals surface area contributed by atoms with Crippen molar-refractivity contribution in [3.05, 3.63) is 41.3 Å². The first-order valence-corrected chi connectivity index (χ1v) is 13.9. The average molecular weight is 592 g/mol. The predicted octanol–water partition coefficient (Wildman–Crippen LogP) is 2.79. The second kappa shape index (κ2) is 14.0. The van der Waals surface area contributed by atoms with E-state index in [0.717, 1.165) is 38.2 Å². The number of amides is 3. The Balaban J connectivity index is 0.00000462. The van der Waals surface area contributed by atoms with E-state index in [0.29, 0.717) is 29.6 Å². The van der Waals surface area contributed by atoms with Crippen LogP contribution in [0.3, 0.4) is 0 Å². The van der Waals surface area contributed by atoms with Crippen LogP contribution in [0.5, 0.6) is 0 Å². The lowest BCUT2D eigenvalue weighted by molar-refractivity contribution is -0.140. The van der Waals surface area contributed by atoms with Crippen molar-refractivity contribution in [3.63, 3.8) is 0 Å². The van der Waals surface area contributed by atoms with Crippen LogP contribution in [0.1, 0.15) is 55.1 Å². The van der Waals surface area contributed by atoms with Crippen molar-refractivity contribution in [3.8, 4) is 0 Å². The summed E-state index contributed by atoms with van der Waals surface area (Å²) in [4.78, 5) is 54.7. The molecule has 1 aliphatic heterocycles. The number of nitrogens with one attached hydrogen (secondary N) is 2. The number of aryl methyl sites for hydroxylation is 1. The number of carboxylic acid groups (broad SMARTS) is 1. The molecule has 3 amide bonds. The molecule has 2 heterocycles. The summed E-state index contributed by atoms with van der Waals surface area (Å²) in [5.41, 5.74) is 1.19. The maximum Gasteiger partial charge on any atom is 0.328 e. The molecule has 1 aromatic carbocycles. The van der Waals surface area contributed by atoms with Gasteiger partial charge in [0.25, 0.3) is 5.91 Å². The lowest BCUT2D eigenvalue weighted by Gasteiger charge is -2.39. The molecule has 4 rings (SSSR count). The minimum Gasteiger partial charge on any atom is -0.478 e. The summed E-state index contributed by atoms with van der Waals surface area (Å²) in [6, 6.07) is 3.12. The fourth-order valence-corrected chi connectivity index (χ4v) is 5.76. The van der Waals surface area contributed by atoms with Gasteiger partial charge in [0.15, 0.2) is 0 Å². The number of hydrogen-bond acceptors (Lipinski definition) is 5. The molecule has 1 aromatic heterocycles. The third-order valence-electron chi connectivity index (χ3n) is 8.19. The monoisotopic (exact) mass is 591 g/mol. The highest BCUT2D eigenvalue weighted by Gasteiger charge is 2.36. The number of rotatable bonds is 8. The van der Waals surface area contributed by atoms with E-state index in [1.165, 1.54) is 18.2 Å². The van der Waals surface area contributed by atoms with Crippen molar-refractivity contribution in [2.45, 2.75) is 51.1 Å². The molecule has 224 valence electrons. The number of piperazine rings is 1. The Morgan fingerprint density at radius 1 is 1.05 bits per heavy atom. The summed E-state index contributed by atoms with van der Waals surface area (Å²) in [5, 5.41) is 15.5. The van der Waals surface area contributed by atoms with Gasteiger partial charge in [0.05, 0.1) is 6.04 Å². The predicted molar refractivity (Wildman–Crippen MR) is 156 cm³/mol. The van der Waals surface area contributed by atoms with Crippen LogP contribution in [0, 0.1) is 11.7 Å². The third kappa shape index (κ3) is 7.08. The van der Waals surface area contributed by atoms with Gasteiger partial charge in [-0.05, 0) is 57.0 Å². The van der Waals surface area contributed by atoms with E-state index in [1.54, 1.807) is 41.5 Å². The second-order valence-corrected chi connectivity index (χ2v) is 10.7. The third-order valence-corrected chi connectivity index (χ3v) is 8.19. The zero-order chi connectivity index (χ0) is 29.0. The summed E-state index contributed by atoms with van der Waals surface area (Å²) in [7, 11) is 3.39. The molecule has 1 aliphatic carbocycles. The van der Waals surface area contributed by atoms with Crippen LogP contribution in [0.4, 0.5) is 4.39 Å². The van der Waals surface area contributed by atoms with Crippen LogP contribution in [0.2, 0.25) is 0 Å². The Labute approximate surface area is 245 Å².